The van der Waals surface area contributed by atoms with Gasteiger partial charge in [0, 0.05) is 34.4 Å². The van der Waals surface area contributed by atoms with E-state index in [1.165, 1.54) is 5.56 Å². The van der Waals surface area contributed by atoms with E-state index in [0.717, 1.165) is 15.9 Å². The fourth-order valence-electron chi connectivity index (χ4n) is 3.26. The molecule has 1 aliphatic heterocycles. The van der Waals surface area contributed by atoms with E-state index in [1.807, 2.05) is 30.1 Å². The van der Waals surface area contributed by atoms with Crippen LogP contribution in [0.25, 0.3) is 0 Å². The molecule has 5 heteroatoms. The SMILES string of the molecule is CN1/C(=C\C(=O)COC(=O)c2ccc(Br)cc2)C(C)(C)c2ccccc21. The molecule has 2 aromatic rings. The van der Waals surface area contributed by atoms with Gasteiger partial charge in [0.05, 0.1) is 5.56 Å². The number of ketones is 1. The molecule has 0 aliphatic carbocycles. The smallest absolute Gasteiger partial charge is 0.338 e. The normalized spacial score (nSPS) is 16.5. The third-order valence-electron chi connectivity index (χ3n) is 4.66. The fourth-order valence-corrected chi connectivity index (χ4v) is 3.52. The van der Waals surface area contributed by atoms with Gasteiger partial charge in [-0.1, -0.05) is 48.0 Å². The monoisotopic (exact) mass is 413 g/mol. The van der Waals surface area contributed by atoms with Gasteiger partial charge in [-0.3, -0.25) is 4.79 Å². The first-order valence-electron chi connectivity index (χ1n) is 8.31. The lowest BCUT2D eigenvalue weighted by atomic mass is 9.83. The molecule has 0 radical (unpaired) electrons. The first-order valence-corrected chi connectivity index (χ1v) is 9.11. The summed E-state index contributed by atoms with van der Waals surface area (Å²) in [4.78, 5) is 26.5. The number of benzene rings is 2. The molecule has 134 valence electrons. The predicted octanol–water partition coefficient (Wildman–Crippen LogP) is 4.49. The first kappa shape index (κ1) is 18.4. The second kappa shape index (κ2) is 7.08. The van der Waals surface area contributed by atoms with Gasteiger partial charge >= 0.3 is 5.97 Å². The van der Waals surface area contributed by atoms with Crippen molar-refractivity contribution in [2.75, 3.05) is 18.6 Å². The zero-order chi connectivity index (χ0) is 18.9. The van der Waals surface area contributed by atoms with Crippen molar-refractivity contribution >= 4 is 33.4 Å². The van der Waals surface area contributed by atoms with E-state index in [-0.39, 0.29) is 17.8 Å². The number of halogens is 1. The molecule has 0 saturated heterocycles. The number of rotatable bonds is 4. The summed E-state index contributed by atoms with van der Waals surface area (Å²) < 4.78 is 6.03. The summed E-state index contributed by atoms with van der Waals surface area (Å²) >= 11 is 3.32. The third-order valence-corrected chi connectivity index (χ3v) is 5.19. The Hall–Kier alpha value is -2.40. The zero-order valence-electron chi connectivity index (χ0n) is 15.0. The lowest BCUT2D eigenvalue weighted by molar-refractivity contribution is -0.117. The van der Waals surface area contributed by atoms with Crippen LogP contribution in [0.2, 0.25) is 0 Å². The van der Waals surface area contributed by atoms with Crippen molar-refractivity contribution in [1.29, 1.82) is 0 Å². The molecule has 0 fully saturated rings. The van der Waals surface area contributed by atoms with Crippen LogP contribution in [0.3, 0.4) is 0 Å². The van der Waals surface area contributed by atoms with E-state index >= 15 is 0 Å². The molecule has 0 spiro atoms. The summed E-state index contributed by atoms with van der Waals surface area (Å²) in [5.74, 6) is -0.746. The number of ether oxygens (including phenoxy) is 1. The van der Waals surface area contributed by atoms with E-state index in [0.29, 0.717) is 5.56 Å². The van der Waals surface area contributed by atoms with Crippen molar-refractivity contribution in [3.8, 4) is 0 Å². The summed E-state index contributed by atoms with van der Waals surface area (Å²) in [5, 5.41) is 0. The summed E-state index contributed by atoms with van der Waals surface area (Å²) in [6, 6.07) is 14.9. The van der Waals surface area contributed by atoms with E-state index in [1.54, 1.807) is 30.3 Å². The highest BCUT2D eigenvalue weighted by molar-refractivity contribution is 9.10. The van der Waals surface area contributed by atoms with Gasteiger partial charge in [0.25, 0.3) is 0 Å². The number of hydrogen-bond donors (Lipinski definition) is 0. The molecule has 0 atom stereocenters. The quantitative estimate of drug-likeness (QED) is 0.547. The van der Waals surface area contributed by atoms with Crippen LogP contribution in [0, 0.1) is 0 Å². The van der Waals surface area contributed by atoms with Crippen LogP contribution >= 0.6 is 15.9 Å². The number of fused-ring (bicyclic) bond motifs is 1. The molecular weight excluding hydrogens is 394 g/mol. The molecule has 0 N–H and O–H groups in total. The van der Waals surface area contributed by atoms with Crippen LogP contribution < -0.4 is 4.90 Å². The molecule has 26 heavy (non-hydrogen) atoms. The lowest BCUT2D eigenvalue weighted by Gasteiger charge is -2.23. The van der Waals surface area contributed by atoms with Gasteiger partial charge in [0.1, 0.15) is 0 Å². The zero-order valence-corrected chi connectivity index (χ0v) is 16.5. The van der Waals surface area contributed by atoms with E-state index in [2.05, 4.69) is 35.8 Å². The Labute approximate surface area is 161 Å². The highest BCUT2D eigenvalue weighted by atomic mass is 79.9. The molecule has 3 rings (SSSR count). The maximum Gasteiger partial charge on any atom is 0.338 e. The Bertz CT molecular complexity index is 884. The van der Waals surface area contributed by atoms with Crippen LogP contribution in [-0.4, -0.2) is 25.4 Å². The Morgan fingerprint density at radius 2 is 1.77 bits per heavy atom. The van der Waals surface area contributed by atoms with E-state index in [4.69, 9.17) is 4.74 Å². The Morgan fingerprint density at radius 3 is 2.42 bits per heavy atom. The van der Waals surface area contributed by atoms with Gasteiger partial charge in [-0.2, -0.15) is 0 Å². The van der Waals surface area contributed by atoms with Crippen molar-refractivity contribution in [3.63, 3.8) is 0 Å². The molecule has 1 aliphatic rings. The highest BCUT2D eigenvalue weighted by Gasteiger charge is 2.38. The second-order valence-electron chi connectivity index (χ2n) is 6.78. The largest absolute Gasteiger partial charge is 0.454 e. The molecule has 0 aromatic heterocycles. The topological polar surface area (TPSA) is 46.6 Å². The number of carbonyl (C=O) groups excluding carboxylic acids is 2. The summed E-state index contributed by atoms with van der Waals surface area (Å²) in [6.07, 6.45) is 1.58. The maximum absolute atomic E-state index is 12.4. The van der Waals surface area contributed by atoms with Crippen LogP contribution in [0.5, 0.6) is 0 Å². The lowest BCUT2D eigenvalue weighted by Crippen LogP contribution is -2.25. The number of allylic oxidation sites excluding steroid dienone is 1. The number of para-hydroxylation sites is 1. The molecule has 0 amide bonds. The summed E-state index contributed by atoms with van der Waals surface area (Å²) in [6.45, 7) is 3.89. The number of nitrogens with zero attached hydrogens (tertiary/aromatic N) is 1. The highest BCUT2D eigenvalue weighted by Crippen LogP contribution is 2.46. The van der Waals surface area contributed by atoms with Gasteiger partial charge in [-0.25, -0.2) is 4.79 Å². The average Bonchev–Trinajstić information content (AvgIpc) is 2.81. The molecule has 4 nitrogen and oxygen atoms in total. The van der Waals surface area contributed by atoms with E-state index < -0.39 is 5.97 Å². The predicted molar refractivity (Wildman–Crippen MR) is 105 cm³/mol. The number of carbonyl (C=O) groups is 2. The standard InChI is InChI=1S/C21H20BrNO3/c1-21(2)17-6-4-5-7-18(17)23(3)19(21)12-16(24)13-26-20(25)14-8-10-15(22)11-9-14/h4-12H,13H2,1-3H3/b19-12-. The Morgan fingerprint density at radius 1 is 1.12 bits per heavy atom. The Kier molecular flexibility index (Phi) is 5.01. The number of esters is 1. The van der Waals surface area contributed by atoms with Crippen molar-refractivity contribution in [2.45, 2.75) is 19.3 Å². The average molecular weight is 414 g/mol. The number of likely N-dealkylation sites (N-methyl/N-ethyl adjacent to an activating group) is 1. The molecule has 0 bridgehead atoms. The van der Waals surface area contributed by atoms with Crippen molar-refractivity contribution in [1.82, 2.24) is 0 Å². The molecular formula is C21H20BrNO3. The van der Waals surface area contributed by atoms with Gasteiger partial charge in [-0.05, 0) is 35.9 Å². The molecule has 0 saturated carbocycles. The Balaban J connectivity index is 1.71. The summed E-state index contributed by atoms with van der Waals surface area (Å²) in [7, 11) is 1.94. The minimum atomic E-state index is -0.508. The van der Waals surface area contributed by atoms with Gasteiger partial charge in [0.15, 0.2) is 12.4 Å². The molecule has 1 heterocycles. The molecule has 2 aromatic carbocycles. The van der Waals surface area contributed by atoms with Gasteiger partial charge in [-0.15, -0.1) is 0 Å². The van der Waals surface area contributed by atoms with Crippen molar-refractivity contribution < 1.29 is 14.3 Å². The minimum absolute atomic E-state index is 0.238. The van der Waals surface area contributed by atoms with E-state index in [9.17, 15) is 9.59 Å². The van der Waals surface area contributed by atoms with Crippen LogP contribution in [0.1, 0.15) is 29.8 Å². The van der Waals surface area contributed by atoms with Crippen LogP contribution in [-0.2, 0) is 14.9 Å². The number of hydrogen-bond acceptors (Lipinski definition) is 4. The van der Waals surface area contributed by atoms with Gasteiger partial charge in [0.2, 0.25) is 0 Å². The number of anilines is 1. The van der Waals surface area contributed by atoms with Crippen molar-refractivity contribution in [2.24, 2.45) is 0 Å². The molecule has 0 unspecified atom stereocenters. The minimum Gasteiger partial charge on any atom is -0.454 e. The fraction of sp³-hybridized carbons (Fsp3) is 0.238. The third kappa shape index (κ3) is 3.44. The second-order valence-corrected chi connectivity index (χ2v) is 7.70. The van der Waals surface area contributed by atoms with Crippen LogP contribution in [0.4, 0.5) is 5.69 Å². The summed E-state index contributed by atoms with van der Waals surface area (Å²) in [5.41, 5.74) is 3.29. The van der Waals surface area contributed by atoms with Crippen LogP contribution in [0.15, 0.2) is 64.8 Å². The first-order chi connectivity index (χ1) is 12.3. The maximum atomic E-state index is 12.4. The van der Waals surface area contributed by atoms with Crippen molar-refractivity contribution in [3.05, 3.63) is 75.9 Å². The van der Waals surface area contributed by atoms with Gasteiger partial charge < -0.3 is 9.64 Å².